The van der Waals surface area contributed by atoms with E-state index in [2.05, 4.69) is 42.2 Å². The van der Waals surface area contributed by atoms with Gasteiger partial charge in [0.1, 0.15) is 0 Å². The van der Waals surface area contributed by atoms with Gasteiger partial charge in [0.05, 0.1) is 18.9 Å². The number of allylic oxidation sites excluding steroid dienone is 5. The van der Waals surface area contributed by atoms with E-state index < -0.39 is 0 Å². The number of amides is 1. The summed E-state index contributed by atoms with van der Waals surface area (Å²) in [6.07, 6.45) is 12.3. The van der Waals surface area contributed by atoms with Gasteiger partial charge in [-0.2, -0.15) is 0 Å². The molecule has 0 aromatic heterocycles. The van der Waals surface area contributed by atoms with Gasteiger partial charge in [0.2, 0.25) is 0 Å². The van der Waals surface area contributed by atoms with Crippen LogP contribution in [0.5, 0.6) is 0 Å². The molecule has 1 fully saturated rings. The Morgan fingerprint density at radius 2 is 1.74 bits per heavy atom. The molecule has 1 amide bonds. The SMILES string of the molecule is CC.CC1=CCC=C(N2CCC=C(N3CCOCC3)C2=O)C=C1. The lowest BCUT2D eigenvalue weighted by atomic mass is 10.1. The first-order valence-corrected chi connectivity index (χ1v) is 8.65. The van der Waals surface area contributed by atoms with Crippen LogP contribution in [0.3, 0.4) is 0 Å². The van der Waals surface area contributed by atoms with Gasteiger partial charge in [-0.1, -0.05) is 43.7 Å². The van der Waals surface area contributed by atoms with Gasteiger partial charge < -0.3 is 14.5 Å². The quantitative estimate of drug-likeness (QED) is 0.784. The van der Waals surface area contributed by atoms with Crippen molar-refractivity contribution in [3.8, 4) is 0 Å². The summed E-state index contributed by atoms with van der Waals surface area (Å²) in [5, 5.41) is 0. The Morgan fingerprint density at radius 1 is 1.00 bits per heavy atom. The molecule has 0 saturated carbocycles. The van der Waals surface area contributed by atoms with E-state index in [0.717, 1.165) is 43.9 Å². The van der Waals surface area contributed by atoms with Gasteiger partial charge in [0, 0.05) is 25.3 Å². The molecular formula is C19H28N2O2. The summed E-state index contributed by atoms with van der Waals surface area (Å²) in [7, 11) is 0. The second-order valence-corrected chi connectivity index (χ2v) is 5.58. The fraction of sp³-hybridized carbons (Fsp3) is 0.526. The van der Waals surface area contributed by atoms with Crippen LogP contribution in [0.1, 0.15) is 33.6 Å². The standard InChI is InChI=1S/C17H22N2O2.C2H6/c1-14-4-2-5-15(8-7-14)19-9-3-6-16(17(19)20)18-10-12-21-13-11-18;1-2/h4-8H,2-3,9-13H2,1H3;1-2H3. The van der Waals surface area contributed by atoms with E-state index in [4.69, 9.17) is 4.74 Å². The molecule has 0 aromatic rings. The first-order valence-electron chi connectivity index (χ1n) is 8.65. The fourth-order valence-corrected chi connectivity index (χ4v) is 2.89. The third-order valence-electron chi connectivity index (χ3n) is 4.10. The second kappa shape index (κ2) is 8.73. The van der Waals surface area contributed by atoms with E-state index >= 15 is 0 Å². The molecule has 3 rings (SSSR count). The lowest BCUT2D eigenvalue weighted by molar-refractivity contribution is -0.128. The van der Waals surface area contributed by atoms with E-state index in [1.165, 1.54) is 5.57 Å². The molecule has 2 heterocycles. The summed E-state index contributed by atoms with van der Waals surface area (Å²) in [6, 6.07) is 0. The number of nitrogens with zero attached hydrogens (tertiary/aromatic N) is 2. The van der Waals surface area contributed by atoms with E-state index in [-0.39, 0.29) is 5.91 Å². The van der Waals surface area contributed by atoms with Gasteiger partial charge in [-0.3, -0.25) is 4.79 Å². The maximum atomic E-state index is 12.8. The van der Waals surface area contributed by atoms with E-state index in [1.54, 1.807) is 0 Å². The van der Waals surface area contributed by atoms with Gasteiger partial charge in [0.15, 0.2) is 0 Å². The molecule has 1 saturated heterocycles. The largest absolute Gasteiger partial charge is 0.378 e. The summed E-state index contributed by atoms with van der Waals surface area (Å²) in [5.74, 6) is 0.124. The summed E-state index contributed by atoms with van der Waals surface area (Å²) >= 11 is 0. The van der Waals surface area contributed by atoms with Crippen LogP contribution >= 0.6 is 0 Å². The van der Waals surface area contributed by atoms with Crippen molar-refractivity contribution in [3.05, 3.63) is 47.3 Å². The molecule has 4 nitrogen and oxygen atoms in total. The van der Waals surface area contributed by atoms with Crippen LogP contribution in [-0.2, 0) is 9.53 Å². The van der Waals surface area contributed by atoms with E-state index in [9.17, 15) is 4.79 Å². The van der Waals surface area contributed by atoms with Crippen molar-refractivity contribution in [1.82, 2.24) is 9.80 Å². The van der Waals surface area contributed by atoms with Crippen LogP contribution in [0.2, 0.25) is 0 Å². The van der Waals surface area contributed by atoms with Crippen molar-refractivity contribution in [2.24, 2.45) is 0 Å². The molecule has 0 aromatic carbocycles. The molecule has 3 aliphatic rings. The highest BCUT2D eigenvalue weighted by Crippen LogP contribution is 2.23. The molecule has 4 heteroatoms. The summed E-state index contributed by atoms with van der Waals surface area (Å²) in [4.78, 5) is 16.9. The van der Waals surface area contributed by atoms with Gasteiger partial charge in [-0.25, -0.2) is 0 Å². The van der Waals surface area contributed by atoms with Gasteiger partial charge >= 0.3 is 0 Å². The van der Waals surface area contributed by atoms with Crippen molar-refractivity contribution in [1.29, 1.82) is 0 Å². The average molecular weight is 316 g/mol. The highest BCUT2D eigenvalue weighted by molar-refractivity contribution is 5.95. The Hall–Kier alpha value is -1.81. The second-order valence-electron chi connectivity index (χ2n) is 5.58. The number of rotatable bonds is 2. The molecular weight excluding hydrogens is 288 g/mol. The van der Waals surface area contributed by atoms with E-state index in [1.807, 2.05) is 18.7 Å². The number of morpholine rings is 1. The van der Waals surface area contributed by atoms with Gasteiger partial charge in [0.25, 0.3) is 5.91 Å². The summed E-state index contributed by atoms with van der Waals surface area (Å²) in [6.45, 7) is 9.88. The van der Waals surface area contributed by atoms with Crippen molar-refractivity contribution < 1.29 is 9.53 Å². The van der Waals surface area contributed by atoms with Crippen molar-refractivity contribution in [3.63, 3.8) is 0 Å². The summed E-state index contributed by atoms with van der Waals surface area (Å²) < 4.78 is 5.37. The van der Waals surface area contributed by atoms with Crippen molar-refractivity contribution >= 4 is 5.91 Å². The third kappa shape index (κ3) is 4.35. The smallest absolute Gasteiger partial charge is 0.274 e. The molecule has 23 heavy (non-hydrogen) atoms. The minimum atomic E-state index is 0.124. The van der Waals surface area contributed by atoms with Gasteiger partial charge in [-0.05, 0) is 25.8 Å². The molecule has 0 bridgehead atoms. The number of ether oxygens (including phenoxy) is 1. The van der Waals surface area contributed by atoms with Crippen LogP contribution < -0.4 is 0 Å². The number of carbonyl (C=O) groups excluding carboxylic acids is 1. The fourth-order valence-electron chi connectivity index (χ4n) is 2.89. The highest BCUT2D eigenvalue weighted by Gasteiger charge is 2.28. The lowest BCUT2D eigenvalue weighted by Gasteiger charge is -2.36. The Bertz CT molecular complexity index is 538. The van der Waals surface area contributed by atoms with Crippen molar-refractivity contribution in [2.75, 3.05) is 32.8 Å². The number of hydrogen-bond donors (Lipinski definition) is 0. The molecule has 0 unspecified atom stereocenters. The molecule has 2 aliphatic heterocycles. The highest BCUT2D eigenvalue weighted by atomic mass is 16.5. The minimum Gasteiger partial charge on any atom is -0.378 e. The molecule has 0 radical (unpaired) electrons. The first kappa shape index (κ1) is 17.5. The monoisotopic (exact) mass is 316 g/mol. The maximum absolute atomic E-state index is 12.8. The Balaban J connectivity index is 0.000000924. The average Bonchev–Trinajstić information content (AvgIpc) is 2.82. The molecule has 0 N–H and O–H groups in total. The van der Waals surface area contributed by atoms with Gasteiger partial charge in [-0.15, -0.1) is 0 Å². The molecule has 126 valence electrons. The zero-order valence-electron chi connectivity index (χ0n) is 14.5. The Labute approximate surface area is 139 Å². The van der Waals surface area contributed by atoms with Crippen LogP contribution in [0.15, 0.2) is 47.3 Å². The van der Waals surface area contributed by atoms with Crippen LogP contribution in [0.25, 0.3) is 0 Å². The zero-order valence-corrected chi connectivity index (χ0v) is 14.5. The van der Waals surface area contributed by atoms with E-state index in [0.29, 0.717) is 13.2 Å². The normalized spacial score (nSPS) is 21.7. The summed E-state index contributed by atoms with van der Waals surface area (Å²) in [5.41, 5.74) is 3.11. The molecule has 0 atom stereocenters. The van der Waals surface area contributed by atoms with Crippen LogP contribution in [0.4, 0.5) is 0 Å². The van der Waals surface area contributed by atoms with Crippen LogP contribution in [-0.4, -0.2) is 48.6 Å². The molecule has 1 aliphatic carbocycles. The Morgan fingerprint density at radius 3 is 2.48 bits per heavy atom. The minimum absolute atomic E-state index is 0.124. The molecule has 0 spiro atoms. The zero-order chi connectivity index (χ0) is 16.7. The topological polar surface area (TPSA) is 32.8 Å². The first-order chi connectivity index (χ1) is 11.3. The number of hydrogen-bond acceptors (Lipinski definition) is 3. The predicted octanol–water partition coefficient (Wildman–Crippen LogP) is 3.25. The Kier molecular flexibility index (Phi) is 6.66. The maximum Gasteiger partial charge on any atom is 0.274 e. The van der Waals surface area contributed by atoms with Crippen LogP contribution in [0, 0.1) is 0 Å². The lowest BCUT2D eigenvalue weighted by Crippen LogP contribution is -2.44. The predicted molar refractivity (Wildman–Crippen MR) is 93.8 cm³/mol. The third-order valence-corrected chi connectivity index (χ3v) is 4.10. The van der Waals surface area contributed by atoms with Crippen molar-refractivity contribution in [2.45, 2.75) is 33.6 Å². The number of carbonyl (C=O) groups is 1.